The molecule has 0 bridgehead atoms. The van der Waals surface area contributed by atoms with Gasteiger partial charge in [0.05, 0.1) is 6.10 Å². The molecule has 0 aromatic heterocycles. The van der Waals surface area contributed by atoms with Crippen molar-refractivity contribution in [2.75, 3.05) is 13.7 Å². The Balaban J connectivity index is 2.71. The zero-order chi connectivity index (χ0) is 11.3. The lowest BCUT2D eigenvalue weighted by molar-refractivity contribution is 0.119. The Bertz CT molecular complexity index is 281. The second-order valence-electron chi connectivity index (χ2n) is 4.02. The molecule has 0 saturated heterocycles. The number of benzene rings is 1. The first-order valence-electron chi connectivity index (χ1n) is 5.51. The van der Waals surface area contributed by atoms with Crippen molar-refractivity contribution in [2.45, 2.75) is 32.3 Å². The van der Waals surface area contributed by atoms with Gasteiger partial charge in [0.25, 0.3) is 0 Å². The molecule has 0 saturated carbocycles. The summed E-state index contributed by atoms with van der Waals surface area (Å²) in [5, 5.41) is 0. The Morgan fingerprint density at radius 1 is 1.13 bits per heavy atom. The number of nitrogens with two attached hydrogens (primary N) is 1. The van der Waals surface area contributed by atoms with E-state index in [1.54, 1.807) is 7.11 Å². The van der Waals surface area contributed by atoms with Gasteiger partial charge in [-0.1, -0.05) is 31.2 Å². The minimum absolute atomic E-state index is 0.170. The molecule has 2 N–H and O–H groups in total. The van der Waals surface area contributed by atoms with Gasteiger partial charge < -0.3 is 10.5 Å². The van der Waals surface area contributed by atoms with Crippen LogP contribution in [0, 0.1) is 0 Å². The molecule has 2 unspecified atom stereocenters. The van der Waals surface area contributed by atoms with Crippen molar-refractivity contribution in [3.8, 4) is 0 Å². The van der Waals surface area contributed by atoms with Crippen LogP contribution in [-0.4, -0.2) is 13.7 Å². The quantitative estimate of drug-likeness (QED) is 0.805. The monoisotopic (exact) mass is 207 g/mol. The van der Waals surface area contributed by atoms with Crippen molar-refractivity contribution in [3.63, 3.8) is 0 Å². The summed E-state index contributed by atoms with van der Waals surface area (Å²) in [5.41, 5.74) is 8.12. The number of hydrogen-bond donors (Lipinski definition) is 1. The molecule has 0 aliphatic heterocycles. The molecule has 1 rings (SSSR count). The van der Waals surface area contributed by atoms with Crippen LogP contribution in [0.2, 0.25) is 0 Å². The van der Waals surface area contributed by atoms with Gasteiger partial charge in [0.2, 0.25) is 0 Å². The summed E-state index contributed by atoms with van der Waals surface area (Å²) in [6, 6.07) is 8.61. The highest BCUT2D eigenvalue weighted by atomic mass is 16.5. The molecule has 2 heteroatoms. The van der Waals surface area contributed by atoms with Crippen LogP contribution in [0.25, 0.3) is 0 Å². The molecule has 1 aromatic rings. The van der Waals surface area contributed by atoms with Gasteiger partial charge in [-0.05, 0) is 36.9 Å². The molecule has 0 aliphatic carbocycles. The molecular weight excluding hydrogens is 186 g/mol. The maximum atomic E-state index is 5.55. The molecule has 0 spiro atoms. The predicted molar refractivity (Wildman–Crippen MR) is 64.0 cm³/mol. The van der Waals surface area contributed by atoms with E-state index in [2.05, 4.69) is 38.1 Å². The summed E-state index contributed by atoms with van der Waals surface area (Å²) >= 11 is 0. The van der Waals surface area contributed by atoms with Crippen molar-refractivity contribution in [1.82, 2.24) is 0 Å². The van der Waals surface area contributed by atoms with E-state index in [0.29, 0.717) is 5.92 Å². The number of rotatable bonds is 5. The van der Waals surface area contributed by atoms with Gasteiger partial charge in [-0.15, -0.1) is 0 Å². The Labute approximate surface area is 92.4 Å². The van der Waals surface area contributed by atoms with Crippen LogP contribution in [0.1, 0.15) is 43.4 Å². The molecular formula is C13H21NO. The fourth-order valence-electron chi connectivity index (χ4n) is 1.65. The number of hydrogen-bond acceptors (Lipinski definition) is 2. The third-order valence-electron chi connectivity index (χ3n) is 2.93. The number of ether oxygens (including phenoxy) is 1. The van der Waals surface area contributed by atoms with Crippen LogP contribution in [0.5, 0.6) is 0 Å². The predicted octanol–water partition coefficient (Wildman–Crippen LogP) is 2.85. The van der Waals surface area contributed by atoms with Crippen LogP contribution >= 0.6 is 0 Å². The Morgan fingerprint density at radius 2 is 1.67 bits per heavy atom. The summed E-state index contributed by atoms with van der Waals surface area (Å²) in [4.78, 5) is 0. The first-order chi connectivity index (χ1) is 7.19. The summed E-state index contributed by atoms with van der Waals surface area (Å²) < 4.78 is 5.26. The number of methoxy groups -OCH3 is 1. The maximum Gasteiger partial charge on any atom is 0.0793 e. The van der Waals surface area contributed by atoms with E-state index >= 15 is 0 Å². The topological polar surface area (TPSA) is 35.2 Å². The van der Waals surface area contributed by atoms with Gasteiger partial charge in [-0.2, -0.15) is 0 Å². The summed E-state index contributed by atoms with van der Waals surface area (Å²) in [6.45, 7) is 5.01. The molecule has 84 valence electrons. The van der Waals surface area contributed by atoms with E-state index in [-0.39, 0.29) is 6.10 Å². The van der Waals surface area contributed by atoms with Gasteiger partial charge in [0.15, 0.2) is 0 Å². The SMILES string of the molecule is COC(C)c1ccc(C(C)CCN)cc1. The van der Waals surface area contributed by atoms with Gasteiger partial charge >= 0.3 is 0 Å². The summed E-state index contributed by atoms with van der Waals surface area (Å²) in [5.74, 6) is 0.543. The normalized spacial score (nSPS) is 14.9. The third kappa shape index (κ3) is 3.33. The van der Waals surface area contributed by atoms with Crippen molar-refractivity contribution in [3.05, 3.63) is 35.4 Å². The second-order valence-corrected chi connectivity index (χ2v) is 4.02. The summed E-state index contributed by atoms with van der Waals surface area (Å²) in [6.07, 6.45) is 1.21. The highest BCUT2D eigenvalue weighted by Gasteiger charge is 2.06. The van der Waals surface area contributed by atoms with Crippen LogP contribution in [0.3, 0.4) is 0 Å². The Morgan fingerprint density at radius 3 is 2.13 bits per heavy atom. The van der Waals surface area contributed by atoms with Crippen LogP contribution in [-0.2, 0) is 4.74 Å². The minimum Gasteiger partial charge on any atom is -0.377 e. The van der Waals surface area contributed by atoms with Gasteiger partial charge in [0.1, 0.15) is 0 Å². The molecule has 0 radical (unpaired) electrons. The van der Waals surface area contributed by atoms with Crippen molar-refractivity contribution < 1.29 is 4.74 Å². The van der Waals surface area contributed by atoms with E-state index in [1.807, 2.05) is 0 Å². The fourth-order valence-corrected chi connectivity index (χ4v) is 1.65. The Hall–Kier alpha value is -0.860. The van der Waals surface area contributed by atoms with Gasteiger partial charge in [-0.25, -0.2) is 0 Å². The zero-order valence-electron chi connectivity index (χ0n) is 9.86. The van der Waals surface area contributed by atoms with Crippen molar-refractivity contribution in [2.24, 2.45) is 5.73 Å². The van der Waals surface area contributed by atoms with E-state index in [4.69, 9.17) is 10.5 Å². The van der Waals surface area contributed by atoms with E-state index in [9.17, 15) is 0 Å². The summed E-state index contributed by atoms with van der Waals surface area (Å²) in [7, 11) is 1.73. The highest BCUT2D eigenvalue weighted by Crippen LogP contribution is 2.22. The van der Waals surface area contributed by atoms with Gasteiger partial charge in [0, 0.05) is 7.11 Å². The van der Waals surface area contributed by atoms with Crippen molar-refractivity contribution >= 4 is 0 Å². The zero-order valence-corrected chi connectivity index (χ0v) is 9.86. The average molecular weight is 207 g/mol. The smallest absolute Gasteiger partial charge is 0.0793 e. The van der Waals surface area contributed by atoms with E-state index in [0.717, 1.165) is 13.0 Å². The maximum absolute atomic E-state index is 5.55. The molecule has 2 atom stereocenters. The second kappa shape index (κ2) is 5.89. The lowest BCUT2D eigenvalue weighted by Gasteiger charge is -2.13. The fraction of sp³-hybridized carbons (Fsp3) is 0.538. The molecule has 0 heterocycles. The minimum atomic E-state index is 0.170. The van der Waals surface area contributed by atoms with Crippen LogP contribution in [0.15, 0.2) is 24.3 Å². The highest BCUT2D eigenvalue weighted by molar-refractivity contribution is 5.26. The average Bonchev–Trinajstić information content (AvgIpc) is 2.28. The van der Waals surface area contributed by atoms with E-state index < -0.39 is 0 Å². The lowest BCUT2D eigenvalue weighted by atomic mass is 9.96. The van der Waals surface area contributed by atoms with Crippen molar-refractivity contribution in [1.29, 1.82) is 0 Å². The third-order valence-corrected chi connectivity index (χ3v) is 2.93. The molecule has 0 aliphatic rings. The molecule has 15 heavy (non-hydrogen) atoms. The van der Waals surface area contributed by atoms with Crippen LogP contribution < -0.4 is 5.73 Å². The standard InChI is InChI=1S/C13H21NO/c1-10(8-9-14)12-4-6-13(7-5-12)11(2)15-3/h4-7,10-11H,8-9,14H2,1-3H3. The Kier molecular flexibility index (Phi) is 4.79. The molecule has 1 aromatic carbocycles. The molecule has 0 fully saturated rings. The lowest BCUT2D eigenvalue weighted by Crippen LogP contribution is -2.04. The first kappa shape index (κ1) is 12.2. The van der Waals surface area contributed by atoms with E-state index in [1.165, 1.54) is 11.1 Å². The molecule has 2 nitrogen and oxygen atoms in total. The van der Waals surface area contributed by atoms with Gasteiger partial charge in [-0.3, -0.25) is 0 Å². The molecule has 0 amide bonds. The van der Waals surface area contributed by atoms with Crippen LogP contribution in [0.4, 0.5) is 0 Å². The first-order valence-corrected chi connectivity index (χ1v) is 5.51. The largest absolute Gasteiger partial charge is 0.377 e.